The molecule has 7 nitrogen and oxygen atoms in total. The zero-order chi connectivity index (χ0) is 14.5. The van der Waals surface area contributed by atoms with E-state index in [1.54, 1.807) is 0 Å². The minimum Gasteiger partial charge on any atom is -0.493 e. The number of benzene rings is 1. The summed E-state index contributed by atoms with van der Waals surface area (Å²) < 4.78 is 15.6. The highest BCUT2D eigenvalue weighted by Gasteiger charge is 2.12. The number of ether oxygens (including phenoxy) is 2. The molecule has 0 aliphatic carbocycles. The van der Waals surface area contributed by atoms with Gasteiger partial charge in [-0.05, 0) is 18.2 Å². The molecule has 1 N–H and O–H groups in total. The summed E-state index contributed by atoms with van der Waals surface area (Å²) >= 11 is 0. The Labute approximate surface area is 115 Å². The maximum atomic E-state index is 10.9. The summed E-state index contributed by atoms with van der Waals surface area (Å²) in [7, 11) is 1.48. The molecule has 2 rings (SSSR count). The van der Waals surface area contributed by atoms with Crippen molar-refractivity contribution in [1.82, 2.24) is 10.1 Å². The Morgan fingerprint density at radius 3 is 2.80 bits per heavy atom. The third kappa shape index (κ3) is 3.05. The Bertz CT molecular complexity index is 609. The number of aromatic carboxylic acids is 1. The van der Waals surface area contributed by atoms with Crippen LogP contribution in [0.5, 0.6) is 11.5 Å². The minimum atomic E-state index is -1.04. The van der Waals surface area contributed by atoms with Crippen molar-refractivity contribution in [1.29, 1.82) is 0 Å². The normalized spacial score (nSPS) is 10.3. The van der Waals surface area contributed by atoms with Crippen LogP contribution in [0.2, 0.25) is 0 Å². The number of carboxylic acid groups (broad SMARTS) is 1. The van der Waals surface area contributed by atoms with Crippen molar-refractivity contribution in [2.24, 2.45) is 0 Å². The summed E-state index contributed by atoms with van der Waals surface area (Å²) in [4.78, 5) is 15.0. The number of aryl methyl sites for hydroxylation is 1. The van der Waals surface area contributed by atoms with Crippen LogP contribution < -0.4 is 9.47 Å². The van der Waals surface area contributed by atoms with Gasteiger partial charge in [0, 0.05) is 6.42 Å². The molecule has 0 bridgehead atoms. The largest absolute Gasteiger partial charge is 0.493 e. The quantitative estimate of drug-likeness (QED) is 0.862. The lowest BCUT2D eigenvalue weighted by atomic mass is 10.2. The van der Waals surface area contributed by atoms with E-state index in [-0.39, 0.29) is 12.2 Å². The summed E-state index contributed by atoms with van der Waals surface area (Å²) in [6.45, 7) is 1.96. The lowest BCUT2D eigenvalue weighted by molar-refractivity contribution is 0.0696. The molecule has 0 aliphatic heterocycles. The van der Waals surface area contributed by atoms with Crippen molar-refractivity contribution in [2.75, 3.05) is 7.11 Å². The fourth-order valence-corrected chi connectivity index (χ4v) is 1.55. The van der Waals surface area contributed by atoms with Crippen molar-refractivity contribution >= 4 is 5.97 Å². The maximum absolute atomic E-state index is 10.9. The molecule has 0 spiro atoms. The summed E-state index contributed by atoms with van der Waals surface area (Å²) in [6.07, 6.45) is 0.668. The van der Waals surface area contributed by atoms with Crippen LogP contribution in [-0.2, 0) is 13.0 Å². The number of nitrogens with zero attached hydrogens (tertiary/aromatic N) is 2. The Balaban J connectivity index is 2.14. The van der Waals surface area contributed by atoms with E-state index in [0.29, 0.717) is 29.6 Å². The summed E-state index contributed by atoms with van der Waals surface area (Å²) in [5, 5.41) is 12.7. The van der Waals surface area contributed by atoms with Crippen molar-refractivity contribution < 1.29 is 23.9 Å². The van der Waals surface area contributed by atoms with Crippen molar-refractivity contribution in [2.45, 2.75) is 20.0 Å². The van der Waals surface area contributed by atoms with Crippen molar-refractivity contribution in [3.63, 3.8) is 0 Å². The second-order valence-corrected chi connectivity index (χ2v) is 3.92. The average molecular weight is 278 g/mol. The van der Waals surface area contributed by atoms with Crippen LogP contribution >= 0.6 is 0 Å². The maximum Gasteiger partial charge on any atom is 0.335 e. The van der Waals surface area contributed by atoms with Gasteiger partial charge in [0.1, 0.15) is 0 Å². The third-order valence-electron chi connectivity index (χ3n) is 2.59. The zero-order valence-corrected chi connectivity index (χ0v) is 11.1. The van der Waals surface area contributed by atoms with Crippen LogP contribution in [0.1, 0.15) is 29.0 Å². The van der Waals surface area contributed by atoms with Crippen LogP contribution in [0.15, 0.2) is 22.7 Å². The van der Waals surface area contributed by atoms with E-state index in [4.69, 9.17) is 19.1 Å². The number of carbonyl (C=O) groups is 1. The first-order valence-corrected chi connectivity index (χ1v) is 5.99. The lowest BCUT2D eigenvalue weighted by Gasteiger charge is -2.09. The highest BCUT2D eigenvalue weighted by atomic mass is 16.5. The molecule has 1 heterocycles. The predicted molar refractivity (Wildman–Crippen MR) is 68.0 cm³/mol. The topological polar surface area (TPSA) is 94.7 Å². The van der Waals surface area contributed by atoms with Crippen molar-refractivity contribution in [3.8, 4) is 11.5 Å². The first-order chi connectivity index (χ1) is 9.63. The standard InChI is InChI=1S/C13H14N2O5/c1-3-11-14-12(20-15-11)7-19-10-6-8(13(16)17)4-5-9(10)18-2/h4-6H,3,7H2,1-2H3,(H,16,17). The second-order valence-electron chi connectivity index (χ2n) is 3.92. The Hall–Kier alpha value is -2.57. The molecule has 7 heteroatoms. The molecular formula is C13H14N2O5. The highest BCUT2D eigenvalue weighted by Crippen LogP contribution is 2.28. The van der Waals surface area contributed by atoms with Gasteiger partial charge in [0.15, 0.2) is 23.9 Å². The van der Waals surface area contributed by atoms with Gasteiger partial charge in [-0.3, -0.25) is 0 Å². The van der Waals surface area contributed by atoms with Crippen molar-refractivity contribution in [3.05, 3.63) is 35.5 Å². The molecule has 0 amide bonds. The first-order valence-electron chi connectivity index (χ1n) is 5.99. The van der Waals surface area contributed by atoms with E-state index in [2.05, 4.69) is 10.1 Å². The molecule has 0 radical (unpaired) electrons. The molecule has 0 saturated heterocycles. The number of rotatable bonds is 6. The SMILES string of the molecule is CCc1noc(COc2cc(C(=O)O)ccc2OC)n1. The van der Waals surface area contributed by atoms with Crippen LogP contribution in [-0.4, -0.2) is 28.3 Å². The van der Waals surface area contributed by atoms with Crippen LogP contribution in [0.3, 0.4) is 0 Å². The van der Waals surface area contributed by atoms with E-state index in [1.165, 1.54) is 25.3 Å². The predicted octanol–water partition coefficient (Wildman–Crippen LogP) is 1.92. The molecule has 106 valence electrons. The molecule has 0 unspecified atom stereocenters. The minimum absolute atomic E-state index is 0.0480. The van der Waals surface area contributed by atoms with Gasteiger partial charge in [0.2, 0.25) is 0 Å². The fraction of sp³-hybridized carbons (Fsp3) is 0.308. The van der Waals surface area contributed by atoms with Gasteiger partial charge in [-0.15, -0.1) is 0 Å². The summed E-state index contributed by atoms with van der Waals surface area (Å²) in [6, 6.07) is 4.36. The Morgan fingerprint density at radius 1 is 1.40 bits per heavy atom. The van der Waals surface area contributed by atoms with Crippen LogP contribution in [0.25, 0.3) is 0 Å². The monoisotopic (exact) mass is 278 g/mol. The fourth-order valence-electron chi connectivity index (χ4n) is 1.55. The lowest BCUT2D eigenvalue weighted by Crippen LogP contribution is -2.01. The number of hydrogen-bond acceptors (Lipinski definition) is 6. The van der Waals surface area contributed by atoms with E-state index in [1.807, 2.05) is 6.92 Å². The molecule has 0 saturated carbocycles. The molecule has 1 aromatic carbocycles. The zero-order valence-electron chi connectivity index (χ0n) is 11.1. The Kier molecular flexibility index (Phi) is 4.19. The van der Waals surface area contributed by atoms with Gasteiger partial charge < -0.3 is 19.1 Å². The number of carboxylic acids is 1. The molecular weight excluding hydrogens is 264 g/mol. The number of aromatic nitrogens is 2. The van der Waals surface area contributed by atoms with Gasteiger partial charge in [0.05, 0.1) is 12.7 Å². The van der Waals surface area contributed by atoms with Gasteiger partial charge in [0.25, 0.3) is 5.89 Å². The van der Waals surface area contributed by atoms with E-state index < -0.39 is 5.97 Å². The third-order valence-corrected chi connectivity index (χ3v) is 2.59. The first kappa shape index (κ1) is 13.9. The number of hydrogen-bond donors (Lipinski definition) is 1. The van der Waals surface area contributed by atoms with Crippen LogP contribution in [0, 0.1) is 0 Å². The van der Waals surface area contributed by atoms with E-state index in [0.717, 1.165) is 0 Å². The molecule has 2 aromatic rings. The molecule has 0 fully saturated rings. The highest BCUT2D eigenvalue weighted by molar-refractivity contribution is 5.88. The second kappa shape index (κ2) is 6.05. The van der Waals surface area contributed by atoms with Gasteiger partial charge >= 0.3 is 5.97 Å². The van der Waals surface area contributed by atoms with E-state index in [9.17, 15) is 4.79 Å². The molecule has 0 aliphatic rings. The van der Waals surface area contributed by atoms with Gasteiger partial charge in [-0.1, -0.05) is 12.1 Å². The number of methoxy groups -OCH3 is 1. The summed E-state index contributed by atoms with van der Waals surface area (Å²) in [5.41, 5.74) is 0.112. The van der Waals surface area contributed by atoms with Gasteiger partial charge in [-0.2, -0.15) is 4.98 Å². The van der Waals surface area contributed by atoms with E-state index >= 15 is 0 Å². The summed E-state index contributed by atoms with van der Waals surface area (Å²) in [5.74, 6) is 0.622. The van der Waals surface area contributed by atoms with Crippen LogP contribution in [0.4, 0.5) is 0 Å². The average Bonchev–Trinajstić information content (AvgIpc) is 2.92. The van der Waals surface area contributed by atoms with Gasteiger partial charge in [-0.25, -0.2) is 4.79 Å². The molecule has 0 atom stereocenters. The molecule has 20 heavy (non-hydrogen) atoms. The smallest absolute Gasteiger partial charge is 0.335 e. The Morgan fingerprint density at radius 2 is 2.20 bits per heavy atom. The molecule has 1 aromatic heterocycles.